The van der Waals surface area contributed by atoms with E-state index in [1.807, 2.05) is 18.2 Å². The molecule has 1 N–H and O–H groups in total. The zero-order valence-corrected chi connectivity index (χ0v) is 17.3. The third kappa shape index (κ3) is 5.68. The summed E-state index contributed by atoms with van der Waals surface area (Å²) in [4.78, 5) is 17.9. The number of rotatable bonds is 6. The Balaban J connectivity index is 1.23. The number of nitrogens with zero attached hydrogens (tertiary/aromatic N) is 2. The van der Waals surface area contributed by atoms with Crippen LogP contribution < -0.4 is 5.32 Å². The predicted molar refractivity (Wildman–Crippen MR) is 117 cm³/mol. The molecule has 1 atom stereocenters. The van der Waals surface area contributed by atoms with Crippen LogP contribution in [0.5, 0.6) is 0 Å². The molecule has 0 spiro atoms. The minimum absolute atomic E-state index is 0.134. The van der Waals surface area contributed by atoms with Gasteiger partial charge in [-0.05, 0) is 56.4 Å². The fourth-order valence-electron chi connectivity index (χ4n) is 4.77. The monoisotopic (exact) mass is 391 g/mol. The van der Waals surface area contributed by atoms with Crippen LogP contribution in [0.2, 0.25) is 0 Å². The van der Waals surface area contributed by atoms with Crippen molar-refractivity contribution in [2.45, 2.75) is 44.8 Å². The van der Waals surface area contributed by atoms with Crippen LogP contribution in [0.4, 0.5) is 0 Å². The first-order valence-electron chi connectivity index (χ1n) is 11.1. The van der Waals surface area contributed by atoms with Crippen molar-refractivity contribution in [2.24, 2.45) is 5.92 Å². The second-order valence-corrected chi connectivity index (χ2v) is 8.53. The first kappa shape index (κ1) is 20.1. The van der Waals surface area contributed by atoms with Gasteiger partial charge in [-0.1, -0.05) is 60.7 Å². The molecule has 2 heterocycles. The first-order valence-corrected chi connectivity index (χ1v) is 11.1. The SMILES string of the molecule is O=C(NCc1ccccc1)C1CCCN(C2CCN(Cc3ccccc3)CC2)C1. The topological polar surface area (TPSA) is 35.6 Å². The highest BCUT2D eigenvalue weighted by atomic mass is 16.1. The van der Waals surface area contributed by atoms with Crippen molar-refractivity contribution in [1.29, 1.82) is 0 Å². The van der Waals surface area contributed by atoms with Gasteiger partial charge in [-0.25, -0.2) is 0 Å². The lowest BCUT2D eigenvalue weighted by molar-refractivity contribution is -0.127. The highest BCUT2D eigenvalue weighted by molar-refractivity contribution is 5.79. The van der Waals surface area contributed by atoms with E-state index in [0.717, 1.165) is 45.6 Å². The van der Waals surface area contributed by atoms with Crippen molar-refractivity contribution in [2.75, 3.05) is 26.2 Å². The molecule has 0 saturated carbocycles. The summed E-state index contributed by atoms with van der Waals surface area (Å²) in [5, 5.41) is 3.15. The fourth-order valence-corrected chi connectivity index (χ4v) is 4.77. The van der Waals surface area contributed by atoms with Crippen LogP contribution in [0.3, 0.4) is 0 Å². The van der Waals surface area contributed by atoms with E-state index < -0.39 is 0 Å². The Morgan fingerprint density at radius 2 is 1.52 bits per heavy atom. The summed E-state index contributed by atoms with van der Waals surface area (Å²) in [6, 6.07) is 21.6. The molecule has 2 saturated heterocycles. The van der Waals surface area contributed by atoms with Crippen LogP contribution in [0, 0.1) is 5.92 Å². The maximum atomic E-state index is 12.7. The van der Waals surface area contributed by atoms with Crippen LogP contribution >= 0.6 is 0 Å². The predicted octanol–water partition coefficient (Wildman–Crippen LogP) is 3.68. The van der Waals surface area contributed by atoms with Gasteiger partial charge in [-0.2, -0.15) is 0 Å². The van der Waals surface area contributed by atoms with Crippen molar-refractivity contribution in [1.82, 2.24) is 15.1 Å². The van der Waals surface area contributed by atoms with Gasteiger partial charge in [0.15, 0.2) is 0 Å². The van der Waals surface area contributed by atoms with Crippen LogP contribution in [0.25, 0.3) is 0 Å². The maximum Gasteiger partial charge on any atom is 0.224 e. The van der Waals surface area contributed by atoms with E-state index in [1.165, 1.54) is 24.0 Å². The summed E-state index contributed by atoms with van der Waals surface area (Å²) in [6.45, 7) is 6.06. The highest BCUT2D eigenvalue weighted by Gasteiger charge is 2.31. The number of amides is 1. The highest BCUT2D eigenvalue weighted by Crippen LogP contribution is 2.24. The van der Waals surface area contributed by atoms with Crippen molar-refractivity contribution in [3.63, 3.8) is 0 Å². The number of piperidine rings is 2. The minimum Gasteiger partial charge on any atom is -0.352 e. The first-order chi connectivity index (χ1) is 14.3. The lowest BCUT2D eigenvalue weighted by atomic mass is 9.93. The number of nitrogens with one attached hydrogen (secondary N) is 1. The van der Waals surface area contributed by atoms with E-state index in [9.17, 15) is 4.79 Å². The summed E-state index contributed by atoms with van der Waals surface area (Å²) in [5.41, 5.74) is 2.57. The molecule has 1 unspecified atom stereocenters. The molecule has 4 heteroatoms. The van der Waals surface area contributed by atoms with Crippen LogP contribution in [0.15, 0.2) is 60.7 Å². The molecule has 0 aliphatic carbocycles. The standard InChI is InChI=1S/C25H33N3O/c29-25(26-18-21-8-3-1-4-9-21)23-12-7-15-28(20-23)24-13-16-27(17-14-24)19-22-10-5-2-6-11-22/h1-6,8-11,23-24H,7,12-20H2,(H,26,29). The molecule has 0 radical (unpaired) electrons. The van der Waals surface area contributed by atoms with Crippen LogP contribution in [0.1, 0.15) is 36.8 Å². The summed E-state index contributed by atoms with van der Waals surface area (Å²) >= 11 is 0. The zero-order valence-electron chi connectivity index (χ0n) is 17.3. The van der Waals surface area contributed by atoms with Gasteiger partial charge in [0, 0.05) is 25.7 Å². The molecule has 2 fully saturated rings. The number of benzene rings is 2. The van der Waals surface area contributed by atoms with E-state index >= 15 is 0 Å². The minimum atomic E-state index is 0.134. The molecular formula is C25H33N3O. The molecule has 0 bridgehead atoms. The molecule has 2 aliphatic heterocycles. The Morgan fingerprint density at radius 1 is 0.862 bits per heavy atom. The van der Waals surface area contributed by atoms with Gasteiger partial charge in [-0.15, -0.1) is 0 Å². The number of likely N-dealkylation sites (tertiary alicyclic amines) is 2. The van der Waals surface area contributed by atoms with E-state index in [4.69, 9.17) is 0 Å². The molecule has 0 aromatic heterocycles. The molecule has 2 aromatic rings. The Labute approximate surface area is 174 Å². The Bertz CT molecular complexity index is 756. The zero-order chi connectivity index (χ0) is 19.9. The number of hydrogen-bond acceptors (Lipinski definition) is 3. The molecule has 2 aromatic carbocycles. The van der Waals surface area contributed by atoms with Gasteiger partial charge in [-0.3, -0.25) is 14.6 Å². The molecule has 2 aliphatic rings. The third-order valence-corrected chi connectivity index (χ3v) is 6.46. The normalized spacial score (nSPS) is 21.7. The van der Waals surface area contributed by atoms with Crippen molar-refractivity contribution < 1.29 is 4.79 Å². The molecular weight excluding hydrogens is 358 g/mol. The van der Waals surface area contributed by atoms with E-state index in [-0.39, 0.29) is 11.8 Å². The average Bonchev–Trinajstić information content (AvgIpc) is 2.79. The lowest BCUT2D eigenvalue weighted by Gasteiger charge is -2.42. The Kier molecular flexibility index (Phi) is 6.96. The quantitative estimate of drug-likeness (QED) is 0.816. The van der Waals surface area contributed by atoms with E-state index in [1.54, 1.807) is 0 Å². The maximum absolute atomic E-state index is 12.7. The van der Waals surface area contributed by atoms with Gasteiger partial charge in [0.05, 0.1) is 5.92 Å². The third-order valence-electron chi connectivity index (χ3n) is 6.46. The van der Waals surface area contributed by atoms with Crippen LogP contribution in [-0.4, -0.2) is 47.9 Å². The smallest absolute Gasteiger partial charge is 0.224 e. The van der Waals surface area contributed by atoms with Gasteiger partial charge >= 0.3 is 0 Å². The van der Waals surface area contributed by atoms with E-state index in [0.29, 0.717) is 12.6 Å². The average molecular weight is 392 g/mol. The van der Waals surface area contributed by atoms with Gasteiger partial charge in [0.2, 0.25) is 5.91 Å². The van der Waals surface area contributed by atoms with Gasteiger partial charge < -0.3 is 5.32 Å². The number of hydrogen-bond donors (Lipinski definition) is 1. The second-order valence-electron chi connectivity index (χ2n) is 8.53. The summed E-state index contributed by atoms with van der Waals surface area (Å²) in [7, 11) is 0. The molecule has 4 rings (SSSR count). The summed E-state index contributed by atoms with van der Waals surface area (Å²) < 4.78 is 0. The fraction of sp³-hybridized carbons (Fsp3) is 0.480. The molecule has 154 valence electrons. The lowest BCUT2D eigenvalue weighted by Crippen LogP contribution is -2.50. The summed E-state index contributed by atoms with van der Waals surface area (Å²) in [6.07, 6.45) is 4.58. The van der Waals surface area contributed by atoms with Gasteiger partial charge in [0.1, 0.15) is 0 Å². The second kappa shape index (κ2) is 10.0. The van der Waals surface area contributed by atoms with E-state index in [2.05, 4.69) is 57.6 Å². The number of carbonyl (C=O) groups is 1. The van der Waals surface area contributed by atoms with Crippen molar-refractivity contribution in [3.8, 4) is 0 Å². The van der Waals surface area contributed by atoms with Gasteiger partial charge in [0.25, 0.3) is 0 Å². The largest absolute Gasteiger partial charge is 0.352 e. The molecule has 1 amide bonds. The number of carbonyl (C=O) groups excluding carboxylic acids is 1. The molecule has 4 nitrogen and oxygen atoms in total. The van der Waals surface area contributed by atoms with Crippen molar-refractivity contribution >= 4 is 5.91 Å². The summed E-state index contributed by atoms with van der Waals surface area (Å²) in [5.74, 6) is 0.356. The Morgan fingerprint density at radius 3 is 2.21 bits per heavy atom. The van der Waals surface area contributed by atoms with Crippen molar-refractivity contribution in [3.05, 3.63) is 71.8 Å². The van der Waals surface area contributed by atoms with Crippen LogP contribution in [-0.2, 0) is 17.9 Å². The molecule has 29 heavy (non-hydrogen) atoms. The Hall–Kier alpha value is -2.17.